The standard InChI is InChI=1S/C25H36N2O2S/c1-17(27-30(28)25(5,6)7)22-14-8-18-16-21(13-15-23(18)26-22)29-20-11-9-19(10-12-20)24(2,3)4/h8,13-16,19-20H,9-12H2,1-7H3/b27-17-/t19?,20?,30-/m1/s1. The zero-order valence-electron chi connectivity index (χ0n) is 19.5. The number of rotatable bonds is 4. The van der Waals surface area contributed by atoms with Gasteiger partial charge in [0.1, 0.15) is 16.7 Å². The molecule has 0 spiro atoms. The van der Waals surface area contributed by atoms with Crippen LogP contribution in [0.2, 0.25) is 0 Å². The number of fused-ring (bicyclic) bond motifs is 1. The SMILES string of the molecule is C/C(=N/[S@](=O)C(C)(C)C)c1ccc2cc(OC3CCC(C(C)(C)C)CC3)ccc2n1. The largest absolute Gasteiger partial charge is 0.490 e. The van der Waals surface area contributed by atoms with Crippen molar-refractivity contribution < 1.29 is 8.95 Å². The molecule has 0 saturated heterocycles. The Balaban J connectivity index is 1.70. The molecule has 0 bridgehead atoms. The minimum absolute atomic E-state index is 0.301. The Labute approximate surface area is 184 Å². The average Bonchev–Trinajstić information content (AvgIpc) is 2.66. The summed E-state index contributed by atoms with van der Waals surface area (Å²) in [5, 5.41) is 1.05. The second-order valence-electron chi connectivity index (χ2n) is 10.5. The molecule has 0 aliphatic heterocycles. The summed E-state index contributed by atoms with van der Waals surface area (Å²) in [5.74, 6) is 1.70. The highest BCUT2D eigenvalue weighted by molar-refractivity contribution is 7.85. The lowest BCUT2D eigenvalue weighted by Crippen LogP contribution is -2.30. The van der Waals surface area contributed by atoms with E-state index >= 15 is 0 Å². The minimum Gasteiger partial charge on any atom is -0.490 e. The van der Waals surface area contributed by atoms with Crippen molar-refractivity contribution in [2.45, 2.75) is 85.0 Å². The summed E-state index contributed by atoms with van der Waals surface area (Å²) in [5.41, 5.74) is 2.74. The highest BCUT2D eigenvalue weighted by Crippen LogP contribution is 2.38. The van der Waals surface area contributed by atoms with E-state index in [9.17, 15) is 4.21 Å². The van der Waals surface area contributed by atoms with E-state index in [1.165, 1.54) is 12.8 Å². The third kappa shape index (κ3) is 5.69. The van der Waals surface area contributed by atoms with Crippen LogP contribution < -0.4 is 4.74 Å². The molecule has 0 amide bonds. The third-order valence-corrected chi connectivity index (χ3v) is 7.46. The van der Waals surface area contributed by atoms with E-state index in [0.29, 0.717) is 17.2 Å². The molecule has 3 rings (SSSR count). The smallest absolute Gasteiger partial charge is 0.145 e. The van der Waals surface area contributed by atoms with Crippen LogP contribution >= 0.6 is 0 Å². The van der Waals surface area contributed by atoms with Crippen molar-refractivity contribution in [3.05, 3.63) is 36.0 Å². The molecule has 1 heterocycles. The van der Waals surface area contributed by atoms with Gasteiger partial charge in [-0.05, 0) is 89.0 Å². The van der Waals surface area contributed by atoms with Crippen molar-refractivity contribution in [1.82, 2.24) is 4.98 Å². The van der Waals surface area contributed by atoms with Gasteiger partial charge in [0.2, 0.25) is 0 Å². The lowest BCUT2D eigenvalue weighted by molar-refractivity contribution is 0.0883. The molecular formula is C25H36N2O2S. The molecule has 1 aromatic heterocycles. The van der Waals surface area contributed by atoms with Crippen LogP contribution in [-0.2, 0) is 11.0 Å². The maximum Gasteiger partial charge on any atom is 0.145 e. The van der Waals surface area contributed by atoms with Crippen LogP contribution in [0.3, 0.4) is 0 Å². The zero-order valence-corrected chi connectivity index (χ0v) is 20.3. The molecule has 1 aliphatic carbocycles. The Morgan fingerprint density at radius 1 is 1.03 bits per heavy atom. The molecule has 4 nitrogen and oxygen atoms in total. The van der Waals surface area contributed by atoms with E-state index in [1.807, 2.05) is 52.0 Å². The number of hydrogen-bond donors (Lipinski definition) is 0. The lowest BCUT2D eigenvalue weighted by Gasteiger charge is -2.36. The Morgan fingerprint density at radius 2 is 1.70 bits per heavy atom. The predicted octanol–water partition coefficient (Wildman–Crippen LogP) is 6.49. The van der Waals surface area contributed by atoms with Gasteiger partial charge in [-0.2, -0.15) is 4.40 Å². The van der Waals surface area contributed by atoms with E-state index in [0.717, 1.165) is 41.1 Å². The second kappa shape index (κ2) is 8.78. The fourth-order valence-electron chi connectivity index (χ4n) is 3.93. The van der Waals surface area contributed by atoms with Gasteiger partial charge >= 0.3 is 0 Å². The summed E-state index contributed by atoms with van der Waals surface area (Å²) >= 11 is 0. The molecule has 1 atom stereocenters. The van der Waals surface area contributed by atoms with Crippen LogP contribution in [0.25, 0.3) is 10.9 Å². The molecule has 1 saturated carbocycles. The summed E-state index contributed by atoms with van der Waals surface area (Å²) in [6, 6.07) is 10.1. The number of nitrogens with zero attached hydrogens (tertiary/aromatic N) is 2. The lowest BCUT2D eigenvalue weighted by atomic mass is 9.72. The van der Waals surface area contributed by atoms with Gasteiger partial charge in [0.05, 0.1) is 27.8 Å². The Bertz CT molecular complexity index is 946. The number of pyridine rings is 1. The van der Waals surface area contributed by atoms with Gasteiger partial charge in [-0.3, -0.25) is 0 Å². The maximum absolute atomic E-state index is 12.3. The van der Waals surface area contributed by atoms with Crippen molar-refractivity contribution in [3.63, 3.8) is 0 Å². The molecule has 164 valence electrons. The van der Waals surface area contributed by atoms with Crippen LogP contribution in [0.15, 0.2) is 34.7 Å². The molecule has 1 fully saturated rings. The van der Waals surface area contributed by atoms with Crippen LogP contribution in [0, 0.1) is 11.3 Å². The van der Waals surface area contributed by atoms with Gasteiger partial charge < -0.3 is 4.74 Å². The van der Waals surface area contributed by atoms with Crippen molar-refractivity contribution in [1.29, 1.82) is 0 Å². The highest BCUT2D eigenvalue weighted by Gasteiger charge is 2.30. The van der Waals surface area contributed by atoms with Crippen molar-refractivity contribution in [3.8, 4) is 5.75 Å². The first-order valence-corrected chi connectivity index (χ1v) is 12.1. The fourth-order valence-corrected chi connectivity index (χ4v) is 4.54. The predicted molar refractivity (Wildman–Crippen MR) is 128 cm³/mol. The monoisotopic (exact) mass is 428 g/mol. The topological polar surface area (TPSA) is 51.5 Å². The Morgan fingerprint density at radius 3 is 2.30 bits per heavy atom. The van der Waals surface area contributed by atoms with E-state index in [4.69, 9.17) is 9.72 Å². The summed E-state index contributed by atoms with van der Waals surface area (Å²) in [7, 11) is -1.29. The van der Waals surface area contributed by atoms with Crippen molar-refractivity contribution in [2.24, 2.45) is 15.7 Å². The molecule has 1 aromatic carbocycles. The molecular weight excluding hydrogens is 392 g/mol. The minimum atomic E-state index is -1.29. The molecule has 0 N–H and O–H groups in total. The summed E-state index contributed by atoms with van der Waals surface area (Å²) in [4.78, 5) is 4.71. The Kier molecular flexibility index (Phi) is 6.71. The van der Waals surface area contributed by atoms with Gasteiger partial charge in [-0.15, -0.1) is 0 Å². The van der Waals surface area contributed by atoms with Gasteiger partial charge in [-0.1, -0.05) is 26.8 Å². The Hall–Kier alpha value is -1.75. The quantitative estimate of drug-likeness (QED) is 0.523. The van der Waals surface area contributed by atoms with Gasteiger partial charge in [-0.25, -0.2) is 9.19 Å². The third-order valence-electron chi connectivity index (χ3n) is 5.98. The molecule has 0 radical (unpaired) electrons. The number of benzene rings is 1. The van der Waals surface area contributed by atoms with Gasteiger partial charge in [0.15, 0.2) is 0 Å². The molecule has 30 heavy (non-hydrogen) atoms. The van der Waals surface area contributed by atoms with Crippen molar-refractivity contribution >= 4 is 27.6 Å². The van der Waals surface area contributed by atoms with Gasteiger partial charge in [0, 0.05) is 5.39 Å². The highest BCUT2D eigenvalue weighted by atomic mass is 32.2. The number of aromatic nitrogens is 1. The maximum atomic E-state index is 12.3. The van der Waals surface area contributed by atoms with E-state index in [-0.39, 0.29) is 4.75 Å². The number of ether oxygens (including phenoxy) is 1. The molecule has 1 aliphatic rings. The first kappa shape index (κ1) is 22.9. The summed E-state index contributed by atoms with van der Waals surface area (Å²) in [6.07, 6.45) is 5.02. The normalized spacial score (nSPS) is 22.2. The van der Waals surface area contributed by atoms with E-state index in [1.54, 1.807) is 0 Å². The van der Waals surface area contributed by atoms with Crippen LogP contribution in [-0.4, -0.2) is 25.8 Å². The average molecular weight is 429 g/mol. The summed E-state index contributed by atoms with van der Waals surface area (Å²) < 4.78 is 22.6. The van der Waals surface area contributed by atoms with Crippen LogP contribution in [0.1, 0.15) is 79.8 Å². The second-order valence-corrected chi connectivity index (χ2v) is 12.5. The molecule has 5 heteroatoms. The zero-order chi connectivity index (χ0) is 22.1. The molecule has 0 unspecified atom stereocenters. The molecule has 2 aromatic rings. The van der Waals surface area contributed by atoms with E-state index in [2.05, 4.69) is 31.2 Å². The first-order valence-electron chi connectivity index (χ1n) is 11.0. The van der Waals surface area contributed by atoms with Gasteiger partial charge in [0.25, 0.3) is 0 Å². The van der Waals surface area contributed by atoms with Crippen LogP contribution in [0.5, 0.6) is 5.75 Å². The first-order chi connectivity index (χ1) is 13.9. The fraction of sp³-hybridized carbons (Fsp3) is 0.600. The summed E-state index contributed by atoms with van der Waals surface area (Å²) in [6.45, 7) is 14.7. The van der Waals surface area contributed by atoms with Crippen LogP contribution in [0.4, 0.5) is 0 Å². The number of hydrogen-bond acceptors (Lipinski definition) is 3. The van der Waals surface area contributed by atoms with Crippen molar-refractivity contribution in [2.75, 3.05) is 0 Å². The van der Waals surface area contributed by atoms with E-state index < -0.39 is 11.0 Å².